The zero-order valence-corrected chi connectivity index (χ0v) is 8.68. The van der Waals surface area contributed by atoms with E-state index >= 15 is 0 Å². The van der Waals surface area contributed by atoms with Gasteiger partial charge < -0.3 is 0 Å². The molecule has 0 aromatic carbocycles. The minimum absolute atomic E-state index is 1.01. The first-order valence-electron chi connectivity index (χ1n) is 5.62. The highest BCUT2D eigenvalue weighted by Crippen LogP contribution is 2.41. The minimum atomic E-state index is 1.01. The number of hydrogen-bond donors (Lipinski definition) is 0. The van der Waals surface area contributed by atoms with E-state index in [1.807, 2.05) is 0 Å². The Kier molecular flexibility index (Phi) is 2.57. The van der Waals surface area contributed by atoms with Crippen LogP contribution in [0.4, 0.5) is 0 Å². The van der Waals surface area contributed by atoms with Crippen LogP contribution in [0, 0.1) is 11.8 Å². The van der Waals surface area contributed by atoms with Crippen LogP contribution in [0.1, 0.15) is 45.4 Å². The molecule has 0 radical (unpaired) electrons. The summed E-state index contributed by atoms with van der Waals surface area (Å²) in [6.45, 7) is 6.15. The molecule has 2 aliphatic carbocycles. The van der Waals surface area contributed by atoms with Gasteiger partial charge in [0.15, 0.2) is 0 Å². The third-order valence-corrected chi connectivity index (χ3v) is 3.82. The van der Waals surface area contributed by atoms with Gasteiger partial charge in [-0.1, -0.05) is 37.5 Å². The fourth-order valence-electron chi connectivity index (χ4n) is 2.58. The minimum Gasteiger partial charge on any atom is -0.0958 e. The van der Waals surface area contributed by atoms with Crippen LogP contribution >= 0.6 is 0 Å². The van der Waals surface area contributed by atoms with Crippen LogP contribution in [0.25, 0.3) is 0 Å². The summed E-state index contributed by atoms with van der Waals surface area (Å²) in [6, 6.07) is 0. The second kappa shape index (κ2) is 3.69. The van der Waals surface area contributed by atoms with Gasteiger partial charge in [0.25, 0.3) is 0 Å². The molecule has 0 aromatic rings. The van der Waals surface area contributed by atoms with Gasteiger partial charge in [-0.05, 0) is 43.6 Å². The smallest absolute Gasteiger partial charge is 0.0277 e. The predicted octanol–water partition coefficient (Wildman–Crippen LogP) is 4.09. The molecule has 1 atom stereocenters. The summed E-state index contributed by atoms with van der Waals surface area (Å²) in [5, 5.41) is 0. The zero-order chi connectivity index (χ0) is 9.26. The van der Waals surface area contributed by atoms with E-state index in [-0.39, 0.29) is 0 Å². The standard InChI is InChI=1S/C13H20/c1-10(2)11-6-8-13(9-7-11)12-4-3-5-12/h6,12-13H,1,3-5,7-9H2,2H3. The van der Waals surface area contributed by atoms with Crippen molar-refractivity contribution in [1.82, 2.24) is 0 Å². The van der Waals surface area contributed by atoms with Crippen molar-refractivity contribution in [3.05, 3.63) is 23.8 Å². The summed E-state index contributed by atoms with van der Waals surface area (Å²) in [5.74, 6) is 2.08. The van der Waals surface area contributed by atoms with Crippen molar-refractivity contribution in [3.8, 4) is 0 Å². The lowest BCUT2D eigenvalue weighted by atomic mass is 9.70. The first kappa shape index (κ1) is 9.05. The average molecular weight is 176 g/mol. The fourth-order valence-corrected chi connectivity index (χ4v) is 2.58. The summed E-state index contributed by atoms with van der Waals surface area (Å²) >= 11 is 0. The van der Waals surface area contributed by atoms with Crippen molar-refractivity contribution in [3.63, 3.8) is 0 Å². The molecule has 13 heavy (non-hydrogen) atoms. The van der Waals surface area contributed by atoms with E-state index in [2.05, 4.69) is 19.6 Å². The van der Waals surface area contributed by atoms with Gasteiger partial charge in [-0.25, -0.2) is 0 Å². The van der Waals surface area contributed by atoms with Gasteiger partial charge in [0.1, 0.15) is 0 Å². The zero-order valence-electron chi connectivity index (χ0n) is 8.68. The maximum Gasteiger partial charge on any atom is -0.0277 e. The molecule has 0 saturated heterocycles. The summed E-state index contributed by atoms with van der Waals surface area (Å²) < 4.78 is 0. The Morgan fingerprint density at radius 1 is 1.31 bits per heavy atom. The van der Waals surface area contributed by atoms with Crippen molar-refractivity contribution < 1.29 is 0 Å². The molecule has 1 unspecified atom stereocenters. The lowest BCUT2D eigenvalue weighted by molar-refractivity contribution is 0.192. The molecule has 0 aliphatic heterocycles. The summed E-state index contributed by atoms with van der Waals surface area (Å²) in [6.07, 6.45) is 11.0. The van der Waals surface area contributed by atoms with Gasteiger partial charge in [0.05, 0.1) is 0 Å². The van der Waals surface area contributed by atoms with Crippen LogP contribution in [0.2, 0.25) is 0 Å². The highest BCUT2D eigenvalue weighted by Gasteiger charge is 2.28. The summed E-state index contributed by atoms with van der Waals surface area (Å²) in [4.78, 5) is 0. The molecular formula is C13H20. The van der Waals surface area contributed by atoms with Crippen molar-refractivity contribution >= 4 is 0 Å². The largest absolute Gasteiger partial charge is 0.0958 e. The van der Waals surface area contributed by atoms with Gasteiger partial charge in [-0.2, -0.15) is 0 Å². The van der Waals surface area contributed by atoms with Gasteiger partial charge in [-0.15, -0.1) is 0 Å². The molecule has 72 valence electrons. The highest BCUT2D eigenvalue weighted by molar-refractivity contribution is 5.27. The third-order valence-electron chi connectivity index (χ3n) is 3.82. The average Bonchev–Trinajstić information content (AvgIpc) is 2.02. The Morgan fingerprint density at radius 2 is 2.08 bits per heavy atom. The predicted molar refractivity (Wildman–Crippen MR) is 57.6 cm³/mol. The van der Waals surface area contributed by atoms with Crippen LogP contribution in [0.5, 0.6) is 0 Å². The molecule has 0 nitrogen and oxygen atoms in total. The number of allylic oxidation sites excluding steroid dienone is 3. The van der Waals surface area contributed by atoms with Gasteiger partial charge in [0, 0.05) is 0 Å². The van der Waals surface area contributed by atoms with Crippen LogP contribution in [-0.4, -0.2) is 0 Å². The molecule has 0 spiro atoms. The van der Waals surface area contributed by atoms with E-state index in [1.165, 1.54) is 49.7 Å². The Hall–Kier alpha value is -0.520. The Balaban J connectivity index is 1.90. The van der Waals surface area contributed by atoms with Crippen molar-refractivity contribution in [2.75, 3.05) is 0 Å². The quantitative estimate of drug-likeness (QED) is 0.594. The van der Waals surface area contributed by atoms with Crippen molar-refractivity contribution in [2.24, 2.45) is 11.8 Å². The monoisotopic (exact) mass is 176 g/mol. The molecule has 1 saturated carbocycles. The molecule has 0 bridgehead atoms. The molecule has 1 fully saturated rings. The first-order valence-corrected chi connectivity index (χ1v) is 5.62. The van der Waals surface area contributed by atoms with Gasteiger partial charge >= 0.3 is 0 Å². The van der Waals surface area contributed by atoms with E-state index in [0.29, 0.717) is 0 Å². The second-order valence-corrected chi connectivity index (χ2v) is 4.74. The van der Waals surface area contributed by atoms with E-state index in [9.17, 15) is 0 Å². The normalized spacial score (nSPS) is 29.3. The lowest BCUT2D eigenvalue weighted by Gasteiger charge is -2.35. The molecular weight excluding hydrogens is 156 g/mol. The van der Waals surface area contributed by atoms with Crippen molar-refractivity contribution in [2.45, 2.75) is 45.4 Å². The molecule has 0 heterocycles. The van der Waals surface area contributed by atoms with Gasteiger partial charge in [0.2, 0.25) is 0 Å². The Bertz CT molecular complexity index is 230. The number of rotatable bonds is 2. The molecule has 2 rings (SSSR count). The second-order valence-electron chi connectivity index (χ2n) is 4.74. The lowest BCUT2D eigenvalue weighted by Crippen LogP contribution is -2.23. The van der Waals surface area contributed by atoms with Crippen LogP contribution < -0.4 is 0 Å². The number of hydrogen-bond acceptors (Lipinski definition) is 0. The van der Waals surface area contributed by atoms with E-state index in [4.69, 9.17) is 0 Å². The Labute approximate surface area is 81.7 Å². The summed E-state index contributed by atoms with van der Waals surface area (Å²) in [7, 11) is 0. The maximum atomic E-state index is 4.01. The third kappa shape index (κ3) is 1.87. The van der Waals surface area contributed by atoms with E-state index in [1.54, 1.807) is 0 Å². The van der Waals surface area contributed by atoms with Crippen molar-refractivity contribution in [1.29, 1.82) is 0 Å². The summed E-state index contributed by atoms with van der Waals surface area (Å²) in [5.41, 5.74) is 2.81. The van der Waals surface area contributed by atoms with Crippen LogP contribution in [0.15, 0.2) is 23.8 Å². The molecule has 0 N–H and O–H groups in total. The topological polar surface area (TPSA) is 0 Å². The first-order chi connectivity index (χ1) is 6.27. The maximum absolute atomic E-state index is 4.01. The molecule has 0 heteroatoms. The van der Waals surface area contributed by atoms with Gasteiger partial charge in [-0.3, -0.25) is 0 Å². The molecule has 0 amide bonds. The van der Waals surface area contributed by atoms with Crippen LogP contribution in [0.3, 0.4) is 0 Å². The molecule has 0 aromatic heterocycles. The SMILES string of the molecule is C=C(C)C1=CCC(C2CCC2)CC1. The van der Waals surface area contributed by atoms with Crippen LogP contribution in [-0.2, 0) is 0 Å². The van der Waals surface area contributed by atoms with E-state index in [0.717, 1.165) is 11.8 Å². The van der Waals surface area contributed by atoms with E-state index < -0.39 is 0 Å². The molecule has 2 aliphatic rings. The fraction of sp³-hybridized carbons (Fsp3) is 0.692. The Morgan fingerprint density at radius 3 is 2.46 bits per heavy atom. The highest BCUT2D eigenvalue weighted by atomic mass is 14.3.